The van der Waals surface area contributed by atoms with Crippen LogP contribution in [-0.4, -0.2) is 117 Å². The summed E-state index contributed by atoms with van der Waals surface area (Å²) >= 11 is 0. The second kappa shape index (κ2) is 15.9. The van der Waals surface area contributed by atoms with E-state index in [1.165, 1.54) is 0 Å². The highest BCUT2D eigenvalue weighted by molar-refractivity contribution is 5.76. The predicted octanol–water partition coefficient (Wildman–Crippen LogP) is -1.40. The van der Waals surface area contributed by atoms with E-state index in [0.717, 1.165) is 0 Å². The van der Waals surface area contributed by atoms with Gasteiger partial charge >= 0.3 is 6.03 Å². The van der Waals surface area contributed by atoms with Gasteiger partial charge in [-0.25, -0.2) is 4.79 Å². The molecule has 1 saturated heterocycles. The fourth-order valence-corrected chi connectivity index (χ4v) is 3.03. The maximum Gasteiger partial charge on any atom is 0.320 e. The Hall–Kier alpha value is -2.93. The maximum atomic E-state index is 12.4. The Bertz CT molecular complexity index is 583. The van der Waals surface area contributed by atoms with E-state index < -0.39 is 0 Å². The Kier molecular flexibility index (Phi) is 13.3. The smallest absolute Gasteiger partial charge is 0.320 e. The summed E-state index contributed by atoms with van der Waals surface area (Å²) in [6.45, 7) is 7.47. The Morgan fingerprint density at radius 2 is 1.07 bits per heavy atom. The SMILES string of the molecule is N#CCN(CC#N)CCNCCN1CCN(CCNCCN(CC#N)CC#N)C1=O. The molecule has 0 aromatic heterocycles. The topological polar surface area (TPSA) is 149 Å². The number of urea groups is 1. The summed E-state index contributed by atoms with van der Waals surface area (Å²) in [6.07, 6.45) is 0. The third-order valence-corrected chi connectivity index (χ3v) is 4.68. The van der Waals surface area contributed by atoms with Crippen molar-refractivity contribution in [3.63, 3.8) is 0 Å². The molecule has 11 nitrogen and oxygen atoms in total. The van der Waals surface area contributed by atoms with Crippen molar-refractivity contribution in [1.82, 2.24) is 30.2 Å². The van der Waals surface area contributed by atoms with Gasteiger partial charge in [0.15, 0.2) is 0 Å². The van der Waals surface area contributed by atoms with Crippen LogP contribution in [0.25, 0.3) is 0 Å². The summed E-state index contributed by atoms with van der Waals surface area (Å²) in [6, 6.07) is 8.21. The third-order valence-electron chi connectivity index (χ3n) is 4.68. The summed E-state index contributed by atoms with van der Waals surface area (Å²) in [7, 11) is 0. The van der Waals surface area contributed by atoms with Gasteiger partial charge in [-0.15, -0.1) is 0 Å². The Labute approximate surface area is 178 Å². The van der Waals surface area contributed by atoms with E-state index in [1.807, 2.05) is 34.1 Å². The molecule has 1 rings (SSSR count). The molecule has 1 heterocycles. The fourth-order valence-electron chi connectivity index (χ4n) is 3.03. The van der Waals surface area contributed by atoms with E-state index in [0.29, 0.717) is 65.4 Å². The van der Waals surface area contributed by atoms with Gasteiger partial charge < -0.3 is 20.4 Å². The molecule has 30 heavy (non-hydrogen) atoms. The zero-order valence-electron chi connectivity index (χ0n) is 17.4. The first-order valence-corrected chi connectivity index (χ1v) is 10.0. The molecule has 1 aliphatic heterocycles. The van der Waals surface area contributed by atoms with E-state index in [2.05, 4.69) is 10.6 Å². The van der Waals surface area contributed by atoms with Crippen LogP contribution in [0, 0.1) is 45.3 Å². The van der Waals surface area contributed by atoms with Crippen LogP contribution >= 0.6 is 0 Å². The number of hydrogen-bond acceptors (Lipinski definition) is 9. The van der Waals surface area contributed by atoms with Crippen molar-refractivity contribution in [3.05, 3.63) is 0 Å². The molecular weight excluding hydrogens is 384 g/mol. The Morgan fingerprint density at radius 3 is 1.40 bits per heavy atom. The van der Waals surface area contributed by atoms with Crippen LogP contribution in [0.1, 0.15) is 0 Å². The molecule has 0 aromatic carbocycles. The molecule has 0 spiro atoms. The molecule has 1 aliphatic rings. The van der Waals surface area contributed by atoms with Crippen molar-refractivity contribution in [1.29, 1.82) is 21.0 Å². The number of carbonyl (C=O) groups excluding carboxylic acids is 1. The summed E-state index contributed by atoms with van der Waals surface area (Å²) in [5.41, 5.74) is 0. The lowest BCUT2D eigenvalue weighted by Gasteiger charge is -2.20. The molecule has 1 fully saturated rings. The summed E-state index contributed by atoms with van der Waals surface area (Å²) in [4.78, 5) is 19.6. The first-order chi connectivity index (χ1) is 14.7. The normalized spacial score (nSPS) is 13.3. The number of nitriles is 4. The third kappa shape index (κ3) is 10.0. The van der Waals surface area contributed by atoms with Gasteiger partial charge in [-0.05, 0) is 0 Å². The van der Waals surface area contributed by atoms with E-state index in [4.69, 9.17) is 21.0 Å². The number of carbonyl (C=O) groups is 1. The van der Waals surface area contributed by atoms with Gasteiger partial charge in [0.05, 0.1) is 50.5 Å². The highest BCUT2D eigenvalue weighted by Gasteiger charge is 2.27. The van der Waals surface area contributed by atoms with Crippen LogP contribution in [0.5, 0.6) is 0 Å². The lowest BCUT2D eigenvalue weighted by atomic mass is 10.4. The number of hydrogen-bond donors (Lipinski definition) is 2. The predicted molar refractivity (Wildman–Crippen MR) is 110 cm³/mol. The van der Waals surface area contributed by atoms with E-state index in [1.54, 1.807) is 9.80 Å². The van der Waals surface area contributed by atoms with Crippen molar-refractivity contribution < 1.29 is 4.79 Å². The summed E-state index contributed by atoms with van der Waals surface area (Å²) in [5, 5.41) is 41.4. The largest absolute Gasteiger partial charge is 0.322 e. The first kappa shape index (κ1) is 25.1. The Balaban J connectivity index is 2.14. The quantitative estimate of drug-likeness (QED) is 0.230. The van der Waals surface area contributed by atoms with Crippen molar-refractivity contribution in [2.75, 3.05) is 91.6 Å². The highest BCUT2D eigenvalue weighted by atomic mass is 16.2. The highest BCUT2D eigenvalue weighted by Crippen LogP contribution is 2.06. The van der Waals surface area contributed by atoms with Crippen molar-refractivity contribution in [2.45, 2.75) is 0 Å². The average molecular weight is 415 g/mol. The summed E-state index contributed by atoms with van der Waals surface area (Å²) in [5.74, 6) is 0. The molecule has 0 radical (unpaired) electrons. The molecular formula is C19H30N10O. The Morgan fingerprint density at radius 1 is 0.700 bits per heavy atom. The first-order valence-electron chi connectivity index (χ1n) is 10.0. The van der Waals surface area contributed by atoms with E-state index in [9.17, 15) is 4.79 Å². The van der Waals surface area contributed by atoms with E-state index in [-0.39, 0.29) is 32.2 Å². The molecule has 11 heteroatoms. The van der Waals surface area contributed by atoms with E-state index >= 15 is 0 Å². The minimum atomic E-state index is 0.0322. The number of nitrogens with zero attached hydrogens (tertiary/aromatic N) is 8. The van der Waals surface area contributed by atoms with Crippen LogP contribution < -0.4 is 10.6 Å². The monoisotopic (exact) mass is 414 g/mol. The second-order valence-corrected chi connectivity index (χ2v) is 6.81. The lowest BCUT2D eigenvalue weighted by Crippen LogP contribution is -2.40. The van der Waals surface area contributed by atoms with Gasteiger partial charge in [-0.2, -0.15) is 21.0 Å². The zero-order valence-corrected chi connectivity index (χ0v) is 17.4. The van der Waals surface area contributed by atoms with Crippen molar-refractivity contribution in [3.8, 4) is 24.3 Å². The van der Waals surface area contributed by atoms with Crippen LogP contribution in [-0.2, 0) is 0 Å². The molecule has 0 aliphatic carbocycles. The average Bonchev–Trinajstić information content (AvgIpc) is 3.07. The molecule has 2 N–H and O–H groups in total. The minimum Gasteiger partial charge on any atom is -0.322 e. The number of nitrogens with one attached hydrogen (secondary N) is 2. The van der Waals surface area contributed by atoms with Crippen LogP contribution in [0.15, 0.2) is 0 Å². The molecule has 162 valence electrons. The number of amides is 2. The molecule has 2 amide bonds. The summed E-state index contributed by atoms with van der Waals surface area (Å²) < 4.78 is 0. The number of rotatable bonds is 16. The maximum absolute atomic E-state index is 12.4. The van der Waals surface area contributed by atoms with Crippen LogP contribution in [0.4, 0.5) is 4.79 Å². The minimum absolute atomic E-state index is 0.0322. The second-order valence-electron chi connectivity index (χ2n) is 6.81. The molecule has 0 atom stereocenters. The molecule has 0 saturated carbocycles. The van der Waals surface area contributed by atoms with Crippen molar-refractivity contribution in [2.24, 2.45) is 0 Å². The molecule has 0 aromatic rings. The molecule has 0 bridgehead atoms. The van der Waals surface area contributed by atoms with Crippen LogP contribution in [0.3, 0.4) is 0 Å². The molecule has 0 unspecified atom stereocenters. The van der Waals surface area contributed by atoms with Gasteiger partial charge in [0.25, 0.3) is 0 Å². The van der Waals surface area contributed by atoms with Gasteiger partial charge in [0.2, 0.25) is 0 Å². The lowest BCUT2D eigenvalue weighted by molar-refractivity contribution is 0.192. The van der Waals surface area contributed by atoms with Gasteiger partial charge in [-0.3, -0.25) is 9.80 Å². The van der Waals surface area contributed by atoms with Crippen LogP contribution in [0.2, 0.25) is 0 Å². The standard InChI is InChI=1S/C19H30N10O/c20-1-9-26(10-2-21)13-5-24-7-15-28-17-18-29(19(28)30)16-8-25-6-14-27(11-3-22)12-4-23/h24-25H,5-18H2. The van der Waals surface area contributed by atoms with Gasteiger partial charge in [-0.1, -0.05) is 0 Å². The van der Waals surface area contributed by atoms with Crippen molar-refractivity contribution >= 4 is 6.03 Å². The van der Waals surface area contributed by atoms with Gasteiger partial charge in [0, 0.05) is 65.4 Å². The van der Waals surface area contributed by atoms with Gasteiger partial charge in [0.1, 0.15) is 0 Å². The zero-order chi connectivity index (χ0) is 22.0. The fraction of sp³-hybridized carbons (Fsp3) is 0.737.